The van der Waals surface area contributed by atoms with Crippen LogP contribution in [-0.2, 0) is 9.59 Å². The summed E-state index contributed by atoms with van der Waals surface area (Å²) in [6.07, 6.45) is 0.0907. The van der Waals surface area contributed by atoms with Crippen molar-refractivity contribution in [2.45, 2.75) is 13.3 Å². The number of anilines is 2. The summed E-state index contributed by atoms with van der Waals surface area (Å²) in [5.74, 6) is -1.49. The average Bonchev–Trinajstić information content (AvgIpc) is 2.95. The van der Waals surface area contributed by atoms with Crippen molar-refractivity contribution in [1.29, 1.82) is 0 Å². The van der Waals surface area contributed by atoms with E-state index < -0.39 is 11.7 Å². The highest BCUT2D eigenvalue weighted by atomic mass is 35.5. The van der Waals surface area contributed by atoms with Crippen molar-refractivity contribution in [1.82, 2.24) is 0 Å². The van der Waals surface area contributed by atoms with E-state index in [-0.39, 0.29) is 29.8 Å². The van der Waals surface area contributed by atoms with Gasteiger partial charge in [-0.2, -0.15) is 0 Å². The Morgan fingerprint density at radius 3 is 2.68 bits per heavy atom. The minimum atomic E-state index is -0.551. The average molecular weight is 381 g/mol. The molecule has 0 radical (unpaired) electrons. The summed E-state index contributed by atoms with van der Waals surface area (Å²) in [6, 6.07) is 9.24. The van der Waals surface area contributed by atoms with E-state index in [4.69, 9.17) is 23.2 Å². The zero-order chi connectivity index (χ0) is 18.1. The lowest BCUT2D eigenvalue weighted by Crippen LogP contribution is -2.28. The van der Waals surface area contributed by atoms with E-state index >= 15 is 0 Å². The van der Waals surface area contributed by atoms with Crippen molar-refractivity contribution >= 4 is 46.4 Å². The second-order valence-corrected chi connectivity index (χ2v) is 6.80. The molecule has 1 saturated heterocycles. The normalized spacial score (nSPS) is 17.0. The van der Waals surface area contributed by atoms with Crippen LogP contribution in [0.4, 0.5) is 15.8 Å². The highest BCUT2D eigenvalue weighted by Gasteiger charge is 2.35. The van der Waals surface area contributed by atoms with Crippen LogP contribution in [0.1, 0.15) is 12.0 Å². The Bertz CT molecular complexity index is 857. The van der Waals surface area contributed by atoms with Gasteiger partial charge in [-0.25, -0.2) is 4.39 Å². The number of benzene rings is 2. The Morgan fingerprint density at radius 1 is 1.24 bits per heavy atom. The minimum Gasteiger partial charge on any atom is -0.326 e. The first-order chi connectivity index (χ1) is 11.8. The molecule has 2 aromatic rings. The summed E-state index contributed by atoms with van der Waals surface area (Å²) in [6.45, 7) is 2.06. The maximum absolute atomic E-state index is 13.3. The Morgan fingerprint density at radius 2 is 2.00 bits per heavy atom. The number of rotatable bonds is 3. The first-order valence-electron chi connectivity index (χ1n) is 7.67. The molecule has 7 heteroatoms. The molecule has 0 spiro atoms. The number of nitrogens with one attached hydrogen (secondary N) is 1. The van der Waals surface area contributed by atoms with E-state index in [0.717, 1.165) is 5.56 Å². The first kappa shape index (κ1) is 17.7. The number of amides is 2. The lowest BCUT2D eigenvalue weighted by atomic mass is 10.1. The van der Waals surface area contributed by atoms with Gasteiger partial charge in [-0.15, -0.1) is 0 Å². The Labute approximate surface area is 154 Å². The molecule has 25 heavy (non-hydrogen) atoms. The second kappa shape index (κ2) is 7.02. The molecule has 130 valence electrons. The van der Waals surface area contributed by atoms with Crippen LogP contribution in [0.25, 0.3) is 0 Å². The van der Waals surface area contributed by atoms with E-state index in [1.807, 2.05) is 6.92 Å². The number of hydrogen-bond acceptors (Lipinski definition) is 2. The molecule has 0 aliphatic carbocycles. The fourth-order valence-electron chi connectivity index (χ4n) is 2.79. The van der Waals surface area contributed by atoms with Gasteiger partial charge in [-0.3, -0.25) is 9.59 Å². The molecular weight excluding hydrogens is 366 g/mol. The zero-order valence-corrected chi connectivity index (χ0v) is 14.9. The van der Waals surface area contributed by atoms with E-state index in [1.165, 1.54) is 23.1 Å². The number of halogens is 3. The number of carbonyl (C=O) groups is 2. The number of carbonyl (C=O) groups excluding carboxylic acids is 2. The van der Waals surface area contributed by atoms with Crippen molar-refractivity contribution in [3.05, 3.63) is 57.8 Å². The molecule has 0 bridgehead atoms. The van der Waals surface area contributed by atoms with Crippen LogP contribution < -0.4 is 10.2 Å². The molecule has 2 amide bonds. The van der Waals surface area contributed by atoms with E-state index in [1.54, 1.807) is 18.2 Å². The third kappa shape index (κ3) is 3.78. The summed E-state index contributed by atoms with van der Waals surface area (Å²) < 4.78 is 13.3. The van der Waals surface area contributed by atoms with Crippen LogP contribution >= 0.6 is 23.2 Å². The number of aryl methyl sites for hydroxylation is 1. The second-order valence-electron chi connectivity index (χ2n) is 5.95. The molecule has 3 rings (SSSR count). The van der Waals surface area contributed by atoms with Crippen LogP contribution in [0.2, 0.25) is 10.0 Å². The van der Waals surface area contributed by atoms with Gasteiger partial charge in [-0.1, -0.05) is 23.2 Å². The van der Waals surface area contributed by atoms with Gasteiger partial charge in [0.25, 0.3) is 0 Å². The van der Waals surface area contributed by atoms with Gasteiger partial charge in [0.15, 0.2) is 0 Å². The summed E-state index contributed by atoms with van der Waals surface area (Å²) in [5, 5.41) is 3.36. The lowest BCUT2D eigenvalue weighted by Gasteiger charge is -2.17. The van der Waals surface area contributed by atoms with E-state index in [0.29, 0.717) is 16.4 Å². The molecule has 1 aliphatic heterocycles. The van der Waals surface area contributed by atoms with Gasteiger partial charge in [-0.05, 0) is 48.9 Å². The molecule has 4 nitrogen and oxygen atoms in total. The maximum Gasteiger partial charge on any atom is 0.229 e. The molecule has 1 unspecified atom stereocenters. The molecule has 1 N–H and O–H groups in total. The Balaban J connectivity index is 1.73. The highest BCUT2D eigenvalue weighted by molar-refractivity contribution is 6.31. The molecule has 1 atom stereocenters. The summed E-state index contributed by atoms with van der Waals surface area (Å²) in [5.41, 5.74) is 1.98. The quantitative estimate of drug-likeness (QED) is 0.855. The van der Waals surface area contributed by atoms with Crippen molar-refractivity contribution in [3.8, 4) is 0 Å². The van der Waals surface area contributed by atoms with Gasteiger partial charge in [0.1, 0.15) is 5.82 Å². The standard InChI is InChI=1S/C18H15Cl2FN2O2/c1-10-6-12(19)2-5-16(10)22-18(25)11-7-17(24)23(9-11)13-3-4-15(21)14(20)8-13/h2-6,8,11H,7,9H2,1H3,(H,22,25). The van der Waals surface area contributed by atoms with Crippen LogP contribution in [0.15, 0.2) is 36.4 Å². The summed E-state index contributed by atoms with van der Waals surface area (Å²) in [4.78, 5) is 26.2. The van der Waals surface area contributed by atoms with E-state index in [9.17, 15) is 14.0 Å². The lowest BCUT2D eigenvalue weighted by molar-refractivity contribution is -0.122. The van der Waals surface area contributed by atoms with Crippen molar-refractivity contribution in [2.24, 2.45) is 5.92 Å². The molecule has 0 aromatic heterocycles. The van der Waals surface area contributed by atoms with Crippen LogP contribution in [-0.4, -0.2) is 18.4 Å². The van der Waals surface area contributed by atoms with Crippen LogP contribution in [0, 0.1) is 18.7 Å². The predicted octanol–water partition coefficient (Wildman–Crippen LogP) is 4.43. The predicted molar refractivity (Wildman–Crippen MR) is 96.7 cm³/mol. The largest absolute Gasteiger partial charge is 0.326 e. The van der Waals surface area contributed by atoms with Crippen molar-refractivity contribution in [3.63, 3.8) is 0 Å². The highest BCUT2D eigenvalue weighted by Crippen LogP contribution is 2.29. The Hall–Kier alpha value is -2.11. The van der Waals surface area contributed by atoms with Crippen molar-refractivity contribution < 1.29 is 14.0 Å². The van der Waals surface area contributed by atoms with Crippen molar-refractivity contribution in [2.75, 3.05) is 16.8 Å². The fraction of sp³-hybridized carbons (Fsp3) is 0.222. The maximum atomic E-state index is 13.3. The molecule has 1 fully saturated rings. The van der Waals surface area contributed by atoms with E-state index in [2.05, 4.69) is 5.32 Å². The summed E-state index contributed by atoms with van der Waals surface area (Å²) in [7, 11) is 0. The molecule has 2 aromatic carbocycles. The third-order valence-corrected chi connectivity index (χ3v) is 4.68. The smallest absolute Gasteiger partial charge is 0.229 e. The van der Waals surface area contributed by atoms with Gasteiger partial charge in [0.05, 0.1) is 10.9 Å². The third-order valence-electron chi connectivity index (χ3n) is 4.16. The van der Waals surface area contributed by atoms with Gasteiger partial charge in [0.2, 0.25) is 11.8 Å². The summed E-state index contributed by atoms with van der Waals surface area (Å²) >= 11 is 11.7. The molecule has 1 heterocycles. The fourth-order valence-corrected chi connectivity index (χ4v) is 3.19. The molecule has 0 saturated carbocycles. The molecular formula is C18H15Cl2FN2O2. The monoisotopic (exact) mass is 380 g/mol. The van der Waals surface area contributed by atoms with Gasteiger partial charge < -0.3 is 10.2 Å². The SMILES string of the molecule is Cc1cc(Cl)ccc1NC(=O)C1CC(=O)N(c2ccc(F)c(Cl)c2)C1. The topological polar surface area (TPSA) is 49.4 Å². The first-order valence-corrected chi connectivity index (χ1v) is 8.43. The molecule has 1 aliphatic rings. The Kier molecular flexibility index (Phi) is 4.97. The van der Waals surface area contributed by atoms with Gasteiger partial charge in [0, 0.05) is 29.4 Å². The number of nitrogens with zero attached hydrogens (tertiary/aromatic N) is 1. The van der Waals surface area contributed by atoms with Crippen LogP contribution in [0.3, 0.4) is 0 Å². The minimum absolute atomic E-state index is 0.0602. The van der Waals surface area contributed by atoms with Crippen LogP contribution in [0.5, 0.6) is 0 Å². The zero-order valence-electron chi connectivity index (χ0n) is 13.4. The van der Waals surface area contributed by atoms with Gasteiger partial charge >= 0.3 is 0 Å². The number of hydrogen-bond donors (Lipinski definition) is 1.